The molecule has 1 aromatic carbocycles. The second-order valence-electron chi connectivity index (χ2n) is 5.70. The van der Waals surface area contributed by atoms with E-state index in [1.807, 2.05) is 47.6 Å². The van der Waals surface area contributed by atoms with Gasteiger partial charge >= 0.3 is 0 Å². The molecule has 0 atom stereocenters. The number of hydrogen-bond acceptors (Lipinski definition) is 2. The summed E-state index contributed by atoms with van der Waals surface area (Å²) in [5.41, 5.74) is 2.26. The molecule has 1 aliphatic heterocycles. The van der Waals surface area contributed by atoms with Gasteiger partial charge in [-0.25, -0.2) is 0 Å². The van der Waals surface area contributed by atoms with E-state index in [9.17, 15) is 4.79 Å². The van der Waals surface area contributed by atoms with Crippen LogP contribution in [0.2, 0.25) is 0 Å². The van der Waals surface area contributed by atoms with Crippen LogP contribution in [0.3, 0.4) is 0 Å². The van der Waals surface area contributed by atoms with E-state index in [1.54, 1.807) is 7.05 Å². The van der Waals surface area contributed by atoms with Crippen LogP contribution >= 0.6 is 0 Å². The first-order chi connectivity index (χ1) is 11.8. The first-order valence-corrected chi connectivity index (χ1v) is 8.21. The Hall–Kier alpha value is -2.76. The Labute approximate surface area is 142 Å². The van der Waals surface area contributed by atoms with E-state index in [0.717, 1.165) is 31.7 Å². The monoisotopic (exact) mass is 325 g/mol. The molecule has 0 aliphatic carbocycles. The largest absolute Gasteiger partial charge is 0.355 e. The minimum Gasteiger partial charge on any atom is -0.355 e. The van der Waals surface area contributed by atoms with E-state index in [4.69, 9.17) is 0 Å². The van der Waals surface area contributed by atoms with Gasteiger partial charge in [-0.2, -0.15) is 0 Å². The lowest BCUT2D eigenvalue weighted by atomic mass is 10.2. The van der Waals surface area contributed by atoms with Crippen molar-refractivity contribution in [1.82, 2.24) is 15.2 Å². The number of nitrogens with zero attached hydrogens (tertiary/aromatic N) is 3. The fourth-order valence-corrected chi connectivity index (χ4v) is 2.90. The fourth-order valence-electron chi connectivity index (χ4n) is 2.90. The Balaban J connectivity index is 1.46. The van der Waals surface area contributed by atoms with Crippen LogP contribution in [0.4, 0.5) is 5.69 Å². The molecule has 0 unspecified atom stereocenters. The fraction of sp³-hybridized carbons (Fsp3) is 0.333. The number of anilines is 1. The lowest BCUT2D eigenvalue weighted by molar-refractivity contribution is -0.117. The number of amides is 1. The Bertz CT molecular complexity index is 708. The van der Waals surface area contributed by atoms with Crippen LogP contribution in [0.15, 0.2) is 53.8 Å². The summed E-state index contributed by atoms with van der Waals surface area (Å²) in [4.78, 5) is 18.5. The summed E-state index contributed by atoms with van der Waals surface area (Å²) < 4.78 is 2.09. The molecule has 1 aliphatic rings. The second kappa shape index (κ2) is 7.68. The molecule has 24 heavy (non-hydrogen) atoms. The van der Waals surface area contributed by atoms with Crippen LogP contribution in [-0.4, -0.2) is 43.1 Å². The Morgan fingerprint density at radius 1 is 1.17 bits per heavy atom. The maximum Gasteiger partial charge on any atom is 0.246 e. The third kappa shape index (κ3) is 3.76. The van der Waals surface area contributed by atoms with Crippen LogP contribution in [0.25, 0.3) is 0 Å². The third-order valence-corrected chi connectivity index (χ3v) is 4.15. The molecule has 0 bridgehead atoms. The van der Waals surface area contributed by atoms with E-state index < -0.39 is 0 Å². The van der Waals surface area contributed by atoms with Crippen molar-refractivity contribution in [3.63, 3.8) is 0 Å². The molecule has 0 fully saturated rings. The number of aliphatic imine (C=N–C) groups is 1. The molecule has 1 amide bonds. The SMILES string of the molecule is CN=C(NCCn1cccc1)NCC(=O)N1CCc2ccccc21. The number of carbonyl (C=O) groups excluding carboxylic acids is 1. The minimum atomic E-state index is 0.0632. The van der Waals surface area contributed by atoms with Crippen molar-refractivity contribution >= 4 is 17.6 Å². The highest BCUT2D eigenvalue weighted by Crippen LogP contribution is 2.27. The molecule has 3 rings (SSSR count). The van der Waals surface area contributed by atoms with Gasteiger partial charge in [0, 0.05) is 44.8 Å². The van der Waals surface area contributed by atoms with Gasteiger partial charge in [0.25, 0.3) is 0 Å². The average Bonchev–Trinajstić information content (AvgIpc) is 3.27. The summed E-state index contributed by atoms with van der Waals surface area (Å²) in [6.45, 7) is 2.58. The van der Waals surface area contributed by atoms with E-state index in [0.29, 0.717) is 5.96 Å². The van der Waals surface area contributed by atoms with Gasteiger partial charge in [-0.15, -0.1) is 0 Å². The highest BCUT2D eigenvalue weighted by Gasteiger charge is 2.23. The van der Waals surface area contributed by atoms with Gasteiger partial charge in [0.15, 0.2) is 5.96 Å². The summed E-state index contributed by atoms with van der Waals surface area (Å²) in [5, 5.41) is 6.32. The van der Waals surface area contributed by atoms with Crippen molar-refractivity contribution in [2.45, 2.75) is 13.0 Å². The summed E-state index contributed by atoms with van der Waals surface area (Å²) >= 11 is 0. The normalized spacial score (nSPS) is 13.7. The van der Waals surface area contributed by atoms with E-state index in [-0.39, 0.29) is 12.5 Å². The van der Waals surface area contributed by atoms with Gasteiger partial charge in [-0.05, 0) is 30.2 Å². The van der Waals surface area contributed by atoms with Crippen LogP contribution in [0.5, 0.6) is 0 Å². The number of aromatic nitrogens is 1. The van der Waals surface area contributed by atoms with Gasteiger partial charge in [0.1, 0.15) is 0 Å². The van der Waals surface area contributed by atoms with Crippen LogP contribution in [-0.2, 0) is 17.8 Å². The molecular formula is C18H23N5O. The first-order valence-electron chi connectivity index (χ1n) is 8.21. The van der Waals surface area contributed by atoms with Crippen molar-refractivity contribution in [2.75, 3.05) is 31.6 Å². The maximum absolute atomic E-state index is 12.5. The molecule has 1 aromatic heterocycles. The second-order valence-corrected chi connectivity index (χ2v) is 5.70. The zero-order valence-electron chi connectivity index (χ0n) is 13.9. The molecule has 2 N–H and O–H groups in total. The standard InChI is InChI=1S/C18H23N5O/c1-19-18(20-9-13-22-10-4-5-11-22)21-14-17(24)23-12-8-15-6-2-3-7-16(15)23/h2-7,10-11H,8-9,12-14H2,1H3,(H2,19,20,21). The van der Waals surface area contributed by atoms with E-state index in [1.165, 1.54) is 5.56 Å². The quantitative estimate of drug-likeness (QED) is 0.642. The number of guanidine groups is 1. The predicted octanol–water partition coefficient (Wildman–Crippen LogP) is 1.24. The Morgan fingerprint density at radius 3 is 2.75 bits per heavy atom. The molecular weight excluding hydrogens is 302 g/mol. The molecule has 2 heterocycles. The van der Waals surface area contributed by atoms with Crippen molar-refractivity contribution in [1.29, 1.82) is 0 Å². The molecule has 6 nitrogen and oxygen atoms in total. The summed E-state index contributed by atoms with van der Waals surface area (Å²) in [6.07, 6.45) is 4.96. The maximum atomic E-state index is 12.5. The van der Waals surface area contributed by atoms with Crippen LogP contribution in [0.1, 0.15) is 5.56 Å². The number of carbonyl (C=O) groups is 1. The zero-order valence-corrected chi connectivity index (χ0v) is 13.9. The number of benzene rings is 1. The van der Waals surface area contributed by atoms with Crippen molar-refractivity contribution in [2.24, 2.45) is 4.99 Å². The smallest absolute Gasteiger partial charge is 0.246 e. The van der Waals surface area contributed by atoms with Crippen LogP contribution in [0, 0.1) is 0 Å². The average molecular weight is 325 g/mol. The van der Waals surface area contributed by atoms with Gasteiger partial charge < -0.3 is 20.1 Å². The number of nitrogens with one attached hydrogen (secondary N) is 2. The predicted molar refractivity (Wildman–Crippen MR) is 96.3 cm³/mol. The van der Waals surface area contributed by atoms with Gasteiger partial charge in [-0.3, -0.25) is 9.79 Å². The summed E-state index contributed by atoms with van der Waals surface area (Å²) in [7, 11) is 1.71. The third-order valence-electron chi connectivity index (χ3n) is 4.15. The molecule has 2 aromatic rings. The molecule has 0 saturated carbocycles. The minimum absolute atomic E-state index is 0.0632. The number of rotatable bonds is 5. The van der Waals surface area contributed by atoms with E-state index >= 15 is 0 Å². The lowest BCUT2D eigenvalue weighted by Crippen LogP contribution is -2.45. The molecule has 0 saturated heterocycles. The number of hydrogen-bond donors (Lipinski definition) is 2. The topological polar surface area (TPSA) is 61.7 Å². The van der Waals surface area contributed by atoms with Crippen LogP contribution < -0.4 is 15.5 Å². The van der Waals surface area contributed by atoms with Crippen molar-refractivity contribution in [3.8, 4) is 0 Å². The summed E-state index contributed by atoms with van der Waals surface area (Å²) in [6, 6.07) is 12.1. The molecule has 0 radical (unpaired) electrons. The van der Waals surface area contributed by atoms with Gasteiger partial charge in [-0.1, -0.05) is 18.2 Å². The van der Waals surface area contributed by atoms with Gasteiger partial charge in [0.05, 0.1) is 6.54 Å². The molecule has 0 spiro atoms. The number of fused-ring (bicyclic) bond motifs is 1. The highest BCUT2D eigenvalue weighted by molar-refractivity contribution is 5.98. The van der Waals surface area contributed by atoms with E-state index in [2.05, 4.69) is 26.3 Å². The Morgan fingerprint density at radius 2 is 1.96 bits per heavy atom. The molecule has 126 valence electrons. The summed E-state index contributed by atoms with van der Waals surface area (Å²) in [5.74, 6) is 0.705. The zero-order chi connectivity index (χ0) is 16.8. The lowest BCUT2D eigenvalue weighted by Gasteiger charge is -2.19. The van der Waals surface area contributed by atoms with Crippen molar-refractivity contribution < 1.29 is 4.79 Å². The number of para-hydroxylation sites is 1. The highest BCUT2D eigenvalue weighted by atomic mass is 16.2. The van der Waals surface area contributed by atoms with Gasteiger partial charge in [0.2, 0.25) is 5.91 Å². The molecule has 6 heteroatoms. The van der Waals surface area contributed by atoms with Crippen molar-refractivity contribution in [3.05, 3.63) is 54.4 Å². The Kier molecular flexibility index (Phi) is 5.15. The first kappa shape index (κ1) is 16.1.